The highest BCUT2D eigenvalue weighted by molar-refractivity contribution is 8.00. The van der Waals surface area contributed by atoms with Gasteiger partial charge < -0.3 is 10.4 Å². The molecule has 0 aliphatic heterocycles. The van der Waals surface area contributed by atoms with Gasteiger partial charge in [0.15, 0.2) is 0 Å². The normalized spacial score (nSPS) is 11.9. The van der Waals surface area contributed by atoms with Crippen molar-refractivity contribution in [3.8, 4) is 0 Å². The third-order valence-corrected chi connectivity index (χ3v) is 4.14. The number of amides is 1. The molecule has 2 aromatic rings. The lowest BCUT2D eigenvalue weighted by Crippen LogP contribution is -2.30. The number of aliphatic hydroxyl groups is 1. The third-order valence-electron chi connectivity index (χ3n) is 2.83. The van der Waals surface area contributed by atoms with Gasteiger partial charge in [0.2, 0.25) is 5.91 Å². The molecule has 5 heteroatoms. The molecule has 1 unspecified atom stereocenters. The predicted molar refractivity (Wildman–Crippen MR) is 81.5 cm³/mol. The van der Waals surface area contributed by atoms with Crippen molar-refractivity contribution in [2.24, 2.45) is 0 Å². The number of carbonyl (C=O) groups is 1. The quantitative estimate of drug-likeness (QED) is 0.807. The summed E-state index contributed by atoms with van der Waals surface area (Å²) in [5.74, 6) is -0.595. The number of nitrogens with one attached hydrogen (secondary N) is 1. The minimum Gasteiger partial charge on any atom is -0.395 e. The van der Waals surface area contributed by atoms with Gasteiger partial charge in [0.05, 0.1) is 6.61 Å². The molecule has 1 amide bonds. The number of hydrogen-bond acceptors (Lipinski definition) is 3. The number of aliphatic hydroxyl groups excluding tert-OH is 1. The second kappa shape index (κ2) is 7.81. The molecule has 0 bridgehead atoms. The van der Waals surface area contributed by atoms with Gasteiger partial charge in [-0.05, 0) is 17.7 Å². The first-order valence-electron chi connectivity index (χ1n) is 6.57. The van der Waals surface area contributed by atoms with Crippen molar-refractivity contribution in [2.75, 3.05) is 13.2 Å². The van der Waals surface area contributed by atoms with E-state index in [4.69, 9.17) is 5.11 Å². The fourth-order valence-corrected chi connectivity index (χ4v) is 2.92. The van der Waals surface area contributed by atoms with Crippen molar-refractivity contribution in [1.82, 2.24) is 5.32 Å². The summed E-state index contributed by atoms with van der Waals surface area (Å²) in [5, 5.41) is 10.9. The largest absolute Gasteiger partial charge is 0.395 e. The van der Waals surface area contributed by atoms with Crippen LogP contribution in [0.25, 0.3) is 0 Å². The average Bonchev–Trinajstić information content (AvgIpc) is 2.52. The molecule has 0 saturated carbocycles. The Balaban J connectivity index is 2.24. The van der Waals surface area contributed by atoms with Gasteiger partial charge >= 0.3 is 0 Å². The number of halogens is 1. The summed E-state index contributed by atoms with van der Waals surface area (Å²) in [5.41, 5.74) is 0.793. The van der Waals surface area contributed by atoms with Crippen LogP contribution in [0, 0.1) is 5.82 Å². The summed E-state index contributed by atoms with van der Waals surface area (Å²) in [7, 11) is 0. The molecule has 0 heterocycles. The van der Waals surface area contributed by atoms with Crippen LogP contribution in [0.4, 0.5) is 4.39 Å². The zero-order chi connectivity index (χ0) is 15.1. The van der Waals surface area contributed by atoms with Gasteiger partial charge in [-0.1, -0.05) is 42.5 Å². The number of thioether (sulfide) groups is 1. The summed E-state index contributed by atoms with van der Waals surface area (Å²) >= 11 is 1.16. The van der Waals surface area contributed by atoms with E-state index in [1.807, 2.05) is 30.3 Å². The first-order valence-corrected chi connectivity index (χ1v) is 7.45. The Hall–Kier alpha value is -1.85. The Bertz CT molecular complexity index is 592. The second-order valence-electron chi connectivity index (χ2n) is 4.35. The van der Waals surface area contributed by atoms with E-state index in [0.717, 1.165) is 17.3 Å². The van der Waals surface area contributed by atoms with Gasteiger partial charge in [-0.2, -0.15) is 0 Å². The van der Waals surface area contributed by atoms with Gasteiger partial charge in [0.1, 0.15) is 11.1 Å². The lowest BCUT2D eigenvalue weighted by molar-refractivity contribution is -0.120. The number of carbonyl (C=O) groups excluding carboxylic acids is 1. The van der Waals surface area contributed by atoms with Gasteiger partial charge in [-0.3, -0.25) is 4.79 Å². The second-order valence-corrected chi connectivity index (χ2v) is 5.50. The number of benzene rings is 2. The van der Waals surface area contributed by atoms with E-state index in [2.05, 4.69) is 5.32 Å². The van der Waals surface area contributed by atoms with Gasteiger partial charge in [-0.25, -0.2) is 4.39 Å². The zero-order valence-corrected chi connectivity index (χ0v) is 12.1. The van der Waals surface area contributed by atoms with Gasteiger partial charge in [0, 0.05) is 11.4 Å². The molecular formula is C16H16FNO2S. The smallest absolute Gasteiger partial charge is 0.238 e. The van der Waals surface area contributed by atoms with Crippen LogP contribution in [-0.2, 0) is 4.79 Å². The highest BCUT2D eigenvalue weighted by Gasteiger charge is 2.22. The van der Waals surface area contributed by atoms with E-state index >= 15 is 0 Å². The van der Waals surface area contributed by atoms with Crippen molar-refractivity contribution in [2.45, 2.75) is 10.1 Å². The summed E-state index contributed by atoms with van der Waals surface area (Å²) in [4.78, 5) is 12.7. The third kappa shape index (κ3) is 4.31. The Kier molecular flexibility index (Phi) is 5.78. The standard InChI is InChI=1S/C16H16FNO2S/c17-13-8-4-5-9-14(13)21-15(16(20)18-10-11-19)12-6-2-1-3-7-12/h1-9,15,19H,10-11H2,(H,18,20). The van der Waals surface area contributed by atoms with Crippen LogP contribution in [-0.4, -0.2) is 24.2 Å². The molecule has 0 aliphatic carbocycles. The highest BCUT2D eigenvalue weighted by atomic mass is 32.2. The molecule has 1 atom stereocenters. The zero-order valence-electron chi connectivity index (χ0n) is 11.3. The van der Waals surface area contributed by atoms with E-state index < -0.39 is 5.25 Å². The molecule has 21 heavy (non-hydrogen) atoms. The SMILES string of the molecule is O=C(NCCO)C(Sc1ccccc1F)c1ccccc1. The molecule has 2 aromatic carbocycles. The van der Waals surface area contributed by atoms with E-state index in [-0.39, 0.29) is 24.9 Å². The molecule has 0 fully saturated rings. The summed E-state index contributed by atoms with van der Waals surface area (Å²) in [6.45, 7) is 0.0532. The average molecular weight is 305 g/mol. The highest BCUT2D eigenvalue weighted by Crippen LogP contribution is 2.36. The van der Waals surface area contributed by atoms with Crippen LogP contribution in [0.3, 0.4) is 0 Å². The Morgan fingerprint density at radius 1 is 1.14 bits per heavy atom. The number of hydrogen-bond donors (Lipinski definition) is 2. The van der Waals surface area contributed by atoms with Gasteiger partial charge in [0.25, 0.3) is 0 Å². The van der Waals surface area contributed by atoms with Crippen LogP contribution in [0.5, 0.6) is 0 Å². The first kappa shape index (κ1) is 15.5. The summed E-state index contributed by atoms with van der Waals surface area (Å²) < 4.78 is 13.8. The molecule has 2 N–H and O–H groups in total. The maximum atomic E-state index is 13.8. The summed E-state index contributed by atoms with van der Waals surface area (Å²) in [6, 6.07) is 15.6. The van der Waals surface area contributed by atoms with E-state index in [0.29, 0.717) is 4.90 Å². The molecular weight excluding hydrogens is 289 g/mol. The van der Waals surface area contributed by atoms with Crippen LogP contribution in [0.1, 0.15) is 10.8 Å². The Labute approximate surface area is 127 Å². The van der Waals surface area contributed by atoms with Crippen LogP contribution in [0.2, 0.25) is 0 Å². The van der Waals surface area contributed by atoms with Crippen molar-refractivity contribution in [3.63, 3.8) is 0 Å². The Morgan fingerprint density at radius 3 is 2.48 bits per heavy atom. The first-order chi connectivity index (χ1) is 10.2. The molecule has 0 saturated heterocycles. The van der Waals surface area contributed by atoms with Crippen LogP contribution >= 0.6 is 11.8 Å². The molecule has 0 radical (unpaired) electrons. The van der Waals surface area contributed by atoms with Crippen molar-refractivity contribution >= 4 is 17.7 Å². The lowest BCUT2D eigenvalue weighted by atomic mass is 10.1. The molecule has 3 nitrogen and oxygen atoms in total. The Morgan fingerprint density at radius 2 is 1.81 bits per heavy atom. The van der Waals surface area contributed by atoms with E-state index in [9.17, 15) is 9.18 Å². The molecule has 0 spiro atoms. The van der Waals surface area contributed by atoms with Crippen LogP contribution < -0.4 is 5.32 Å². The molecule has 2 rings (SSSR count). The fourth-order valence-electron chi connectivity index (χ4n) is 1.84. The maximum absolute atomic E-state index is 13.8. The van der Waals surface area contributed by atoms with E-state index in [1.54, 1.807) is 18.2 Å². The van der Waals surface area contributed by atoms with Crippen LogP contribution in [0.15, 0.2) is 59.5 Å². The maximum Gasteiger partial charge on any atom is 0.238 e. The molecule has 110 valence electrons. The monoisotopic (exact) mass is 305 g/mol. The predicted octanol–water partition coefficient (Wildman–Crippen LogP) is 2.77. The lowest BCUT2D eigenvalue weighted by Gasteiger charge is -2.17. The summed E-state index contributed by atoms with van der Waals surface area (Å²) in [6.07, 6.45) is 0. The van der Waals surface area contributed by atoms with Gasteiger partial charge in [-0.15, -0.1) is 11.8 Å². The fraction of sp³-hybridized carbons (Fsp3) is 0.188. The molecule has 0 aliphatic rings. The number of rotatable bonds is 6. The minimum atomic E-state index is -0.561. The van der Waals surface area contributed by atoms with Crippen molar-refractivity contribution < 1.29 is 14.3 Å². The molecule has 0 aromatic heterocycles. The topological polar surface area (TPSA) is 49.3 Å². The van der Waals surface area contributed by atoms with Crippen molar-refractivity contribution in [1.29, 1.82) is 0 Å². The van der Waals surface area contributed by atoms with Crippen molar-refractivity contribution in [3.05, 3.63) is 66.0 Å². The minimum absolute atomic E-state index is 0.127. The van der Waals surface area contributed by atoms with E-state index in [1.165, 1.54) is 6.07 Å².